The standard InChI is InChI=1S/C16H24N2O/c1-11-6-4-8-14(10-11)17-16(19)18-15-9-5-7-12(2)13(15)3/h5,7,9,11,14H,4,6,8,10H2,1-3H3,(H2,17,18,19)/t11-,14+/m1/s1. The lowest BCUT2D eigenvalue weighted by atomic mass is 9.87. The number of anilines is 1. The molecule has 1 aromatic rings. The first-order valence-electron chi connectivity index (χ1n) is 7.20. The van der Waals surface area contributed by atoms with Crippen molar-refractivity contribution in [1.82, 2.24) is 5.32 Å². The molecule has 2 amide bonds. The minimum Gasteiger partial charge on any atom is -0.335 e. The van der Waals surface area contributed by atoms with Crippen LogP contribution < -0.4 is 10.6 Å². The van der Waals surface area contributed by atoms with Crippen LogP contribution in [-0.2, 0) is 0 Å². The second kappa shape index (κ2) is 6.09. The summed E-state index contributed by atoms with van der Waals surface area (Å²) in [5.41, 5.74) is 3.24. The molecule has 104 valence electrons. The second-order valence-corrected chi connectivity index (χ2v) is 5.81. The molecule has 3 nitrogen and oxygen atoms in total. The van der Waals surface area contributed by atoms with Crippen LogP contribution in [0.1, 0.15) is 43.7 Å². The molecule has 0 radical (unpaired) electrons. The second-order valence-electron chi connectivity index (χ2n) is 5.81. The highest BCUT2D eigenvalue weighted by Gasteiger charge is 2.20. The van der Waals surface area contributed by atoms with Crippen molar-refractivity contribution in [3.63, 3.8) is 0 Å². The summed E-state index contributed by atoms with van der Waals surface area (Å²) in [6.45, 7) is 6.35. The van der Waals surface area contributed by atoms with Crippen molar-refractivity contribution in [2.45, 2.75) is 52.5 Å². The first kappa shape index (κ1) is 13.9. The molecule has 2 rings (SSSR count). The van der Waals surface area contributed by atoms with E-state index in [1.807, 2.05) is 19.1 Å². The molecular weight excluding hydrogens is 236 g/mol. The molecule has 1 aromatic carbocycles. The van der Waals surface area contributed by atoms with Crippen molar-refractivity contribution >= 4 is 11.7 Å². The van der Waals surface area contributed by atoms with Gasteiger partial charge in [-0.05, 0) is 49.8 Å². The van der Waals surface area contributed by atoms with Gasteiger partial charge in [0.15, 0.2) is 0 Å². The zero-order valence-corrected chi connectivity index (χ0v) is 12.1. The fourth-order valence-corrected chi connectivity index (χ4v) is 2.80. The van der Waals surface area contributed by atoms with Crippen LogP contribution in [0, 0.1) is 19.8 Å². The molecule has 3 heteroatoms. The van der Waals surface area contributed by atoms with Gasteiger partial charge in [-0.25, -0.2) is 4.79 Å². The van der Waals surface area contributed by atoms with Gasteiger partial charge < -0.3 is 10.6 Å². The lowest BCUT2D eigenvalue weighted by Crippen LogP contribution is -2.40. The van der Waals surface area contributed by atoms with Gasteiger partial charge in [0.25, 0.3) is 0 Å². The van der Waals surface area contributed by atoms with Crippen LogP contribution in [0.15, 0.2) is 18.2 Å². The molecule has 19 heavy (non-hydrogen) atoms. The Balaban J connectivity index is 1.92. The van der Waals surface area contributed by atoms with E-state index in [1.54, 1.807) is 0 Å². The molecule has 0 unspecified atom stereocenters. The third-order valence-corrected chi connectivity index (χ3v) is 4.12. The molecule has 2 N–H and O–H groups in total. The van der Waals surface area contributed by atoms with Crippen LogP contribution >= 0.6 is 0 Å². The molecule has 1 saturated carbocycles. The third-order valence-electron chi connectivity index (χ3n) is 4.12. The minimum absolute atomic E-state index is 0.0761. The van der Waals surface area contributed by atoms with Gasteiger partial charge >= 0.3 is 6.03 Å². The molecule has 0 aliphatic heterocycles. The average molecular weight is 260 g/mol. The molecule has 2 atom stereocenters. The number of hydrogen-bond donors (Lipinski definition) is 2. The van der Waals surface area contributed by atoms with Crippen LogP contribution in [0.2, 0.25) is 0 Å². The Bertz CT molecular complexity index is 456. The summed E-state index contributed by atoms with van der Waals surface area (Å²) in [6, 6.07) is 6.23. The van der Waals surface area contributed by atoms with E-state index in [2.05, 4.69) is 30.5 Å². The maximum atomic E-state index is 12.0. The number of urea groups is 1. The number of aryl methyl sites for hydroxylation is 1. The number of nitrogens with one attached hydrogen (secondary N) is 2. The van der Waals surface area contributed by atoms with Gasteiger partial charge in [-0.3, -0.25) is 0 Å². The number of carbonyl (C=O) groups is 1. The molecule has 1 aliphatic rings. The third kappa shape index (κ3) is 3.72. The Labute approximate surface area is 115 Å². The van der Waals surface area contributed by atoms with Gasteiger partial charge in [0, 0.05) is 11.7 Å². The summed E-state index contributed by atoms with van der Waals surface area (Å²) in [5, 5.41) is 6.06. The van der Waals surface area contributed by atoms with Gasteiger partial charge in [0.2, 0.25) is 0 Å². The lowest BCUT2D eigenvalue weighted by Gasteiger charge is -2.27. The molecule has 0 spiro atoms. The van der Waals surface area contributed by atoms with Crippen molar-refractivity contribution in [2.24, 2.45) is 5.92 Å². The summed E-state index contributed by atoms with van der Waals surface area (Å²) in [7, 11) is 0. The van der Waals surface area contributed by atoms with Crippen LogP contribution in [0.5, 0.6) is 0 Å². The van der Waals surface area contributed by atoms with E-state index >= 15 is 0 Å². The minimum atomic E-state index is -0.0761. The normalized spacial score (nSPS) is 22.9. The van der Waals surface area contributed by atoms with E-state index in [1.165, 1.54) is 18.4 Å². The number of benzene rings is 1. The van der Waals surface area contributed by atoms with Gasteiger partial charge in [-0.1, -0.05) is 31.9 Å². The van der Waals surface area contributed by atoms with Crippen molar-refractivity contribution in [2.75, 3.05) is 5.32 Å². The van der Waals surface area contributed by atoms with Gasteiger partial charge in [0.1, 0.15) is 0 Å². The van der Waals surface area contributed by atoms with Crippen LogP contribution in [0.25, 0.3) is 0 Å². The summed E-state index contributed by atoms with van der Waals surface area (Å²) >= 11 is 0. The smallest absolute Gasteiger partial charge is 0.319 e. The summed E-state index contributed by atoms with van der Waals surface area (Å²) in [4.78, 5) is 12.0. The molecular formula is C16H24N2O. The monoisotopic (exact) mass is 260 g/mol. The van der Waals surface area contributed by atoms with Gasteiger partial charge in [-0.2, -0.15) is 0 Å². The first-order chi connectivity index (χ1) is 9.06. The van der Waals surface area contributed by atoms with E-state index in [0.717, 1.165) is 30.0 Å². The predicted molar refractivity (Wildman–Crippen MR) is 79.5 cm³/mol. The van der Waals surface area contributed by atoms with E-state index < -0.39 is 0 Å². The van der Waals surface area contributed by atoms with Crippen LogP contribution in [-0.4, -0.2) is 12.1 Å². The van der Waals surface area contributed by atoms with Crippen molar-refractivity contribution in [1.29, 1.82) is 0 Å². The Morgan fingerprint density at radius 2 is 2.05 bits per heavy atom. The maximum absolute atomic E-state index is 12.0. The van der Waals surface area contributed by atoms with Gasteiger partial charge in [0.05, 0.1) is 0 Å². The quantitative estimate of drug-likeness (QED) is 0.829. The zero-order valence-electron chi connectivity index (χ0n) is 12.1. The Morgan fingerprint density at radius 3 is 2.79 bits per heavy atom. The molecule has 1 fully saturated rings. The average Bonchev–Trinajstić information content (AvgIpc) is 2.35. The molecule has 0 heterocycles. The highest BCUT2D eigenvalue weighted by atomic mass is 16.2. The Morgan fingerprint density at radius 1 is 1.26 bits per heavy atom. The topological polar surface area (TPSA) is 41.1 Å². The van der Waals surface area contributed by atoms with E-state index in [-0.39, 0.29) is 6.03 Å². The van der Waals surface area contributed by atoms with Crippen molar-refractivity contribution in [3.8, 4) is 0 Å². The SMILES string of the molecule is Cc1cccc(NC(=O)N[C@H]2CCC[C@@H](C)C2)c1C. The number of rotatable bonds is 2. The Kier molecular flexibility index (Phi) is 4.46. The van der Waals surface area contributed by atoms with Crippen LogP contribution in [0.3, 0.4) is 0 Å². The predicted octanol–water partition coefficient (Wildman–Crippen LogP) is 4.00. The number of carbonyl (C=O) groups excluding carboxylic acids is 1. The zero-order chi connectivity index (χ0) is 13.8. The van der Waals surface area contributed by atoms with Gasteiger partial charge in [-0.15, -0.1) is 0 Å². The maximum Gasteiger partial charge on any atom is 0.319 e. The van der Waals surface area contributed by atoms with Crippen LogP contribution in [0.4, 0.5) is 10.5 Å². The number of amides is 2. The number of hydrogen-bond acceptors (Lipinski definition) is 1. The summed E-state index contributed by atoms with van der Waals surface area (Å²) < 4.78 is 0. The highest BCUT2D eigenvalue weighted by Crippen LogP contribution is 2.24. The fraction of sp³-hybridized carbons (Fsp3) is 0.562. The summed E-state index contributed by atoms with van der Waals surface area (Å²) in [6.07, 6.45) is 4.71. The van der Waals surface area contributed by atoms with E-state index in [9.17, 15) is 4.79 Å². The lowest BCUT2D eigenvalue weighted by molar-refractivity contribution is 0.238. The molecule has 0 bridgehead atoms. The highest BCUT2D eigenvalue weighted by molar-refractivity contribution is 5.90. The molecule has 1 aliphatic carbocycles. The summed E-state index contributed by atoms with van der Waals surface area (Å²) in [5.74, 6) is 0.722. The molecule has 0 aromatic heterocycles. The van der Waals surface area contributed by atoms with E-state index in [0.29, 0.717) is 6.04 Å². The van der Waals surface area contributed by atoms with E-state index in [4.69, 9.17) is 0 Å². The molecule has 0 saturated heterocycles. The largest absolute Gasteiger partial charge is 0.335 e. The van der Waals surface area contributed by atoms with Crippen molar-refractivity contribution < 1.29 is 4.79 Å². The fourth-order valence-electron chi connectivity index (χ4n) is 2.80. The first-order valence-corrected chi connectivity index (χ1v) is 7.20. The Hall–Kier alpha value is -1.51. The van der Waals surface area contributed by atoms with Crippen molar-refractivity contribution in [3.05, 3.63) is 29.3 Å².